The van der Waals surface area contributed by atoms with E-state index in [1.54, 1.807) is 21.5 Å². The van der Waals surface area contributed by atoms with Crippen molar-refractivity contribution in [3.05, 3.63) is 82.4 Å². The van der Waals surface area contributed by atoms with Crippen molar-refractivity contribution in [1.29, 1.82) is 0 Å². The summed E-state index contributed by atoms with van der Waals surface area (Å²) in [4.78, 5) is 50.4. The summed E-state index contributed by atoms with van der Waals surface area (Å²) in [5.74, 6) is -0.762. The van der Waals surface area contributed by atoms with Crippen molar-refractivity contribution in [2.75, 3.05) is 10.6 Å². The maximum atomic E-state index is 13.0. The molecule has 0 atom stereocenters. The standard InChI is InChI=1S/C30H28N6O4/c1-17-19(7-3-9-21(17)31-29(39)23-15-25-27(37)11-5-13-35(25)33-23)20-8-4-10-22(18(20)2)32-30(40)24-16-26-28(38)12-6-14-36(26)34-24/h3-4,7-10,15-16H,5-6,11-14H2,1-2H3,(H,31,39)(H,32,40). The van der Waals surface area contributed by atoms with Crippen LogP contribution in [0.1, 0.15) is 78.8 Å². The molecule has 2 aromatic heterocycles. The summed E-state index contributed by atoms with van der Waals surface area (Å²) in [5.41, 5.74) is 6.10. The molecular formula is C30H28N6O4. The minimum Gasteiger partial charge on any atom is -0.320 e. The quantitative estimate of drug-likeness (QED) is 0.376. The van der Waals surface area contributed by atoms with Gasteiger partial charge in [-0.15, -0.1) is 0 Å². The van der Waals surface area contributed by atoms with Gasteiger partial charge in [0.25, 0.3) is 11.8 Å². The van der Waals surface area contributed by atoms with Gasteiger partial charge in [-0.25, -0.2) is 0 Å². The smallest absolute Gasteiger partial charge is 0.276 e. The Morgan fingerprint density at radius 2 is 1.12 bits per heavy atom. The van der Waals surface area contributed by atoms with Crippen LogP contribution >= 0.6 is 0 Å². The predicted octanol–water partition coefficient (Wildman–Crippen LogP) is 4.82. The molecule has 2 N–H and O–H groups in total. The molecule has 0 bridgehead atoms. The van der Waals surface area contributed by atoms with Crippen LogP contribution in [0.5, 0.6) is 0 Å². The Kier molecular flexibility index (Phi) is 6.37. The molecule has 2 aliphatic heterocycles. The number of benzene rings is 2. The van der Waals surface area contributed by atoms with Gasteiger partial charge in [-0.05, 0) is 61.1 Å². The number of hydrogen-bond acceptors (Lipinski definition) is 6. The van der Waals surface area contributed by atoms with E-state index in [1.165, 1.54) is 0 Å². The zero-order valence-corrected chi connectivity index (χ0v) is 22.3. The molecule has 0 radical (unpaired) electrons. The number of nitrogens with zero attached hydrogens (tertiary/aromatic N) is 4. The van der Waals surface area contributed by atoms with Gasteiger partial charge in [0.05, 0.1) is 0 Å². The lowest BCUT2D eigenvalue weighted by atomic mass is 9.94. The minimum atomic E-state index is -0.381. The number of ketones is 2. The number of carbonyl (C=O) groups is 4. The number of anilines is 2. The normalized spacial score (nSPS) is 14.4. The predicted molar refractivity (Wildman–Crippen MR) is 149 cm³/mol. The second kappa shape index (κ2) is 10.0. The molecule has 10 nitrogen and oxygen atoms in total. The van der Waals surface area contributed by atoms with Crippen LogP contribution in [0.25, 0.3) is 11.1 Å². The molecule has 10 heteroatoms. The van der Waals surface area contributed by atoms with Gasteiger partial charge in [-0.3, -0.25) is 28.5 Å². The number of Topliss-reactive ketones (excluding diaryl/α,β-unsaturated/α-hetero) is 2. The molecule has 4 aromatic rings. The second-order valence-electron chi connectivity index (χ2n) is 10.2. The highest BCUT2D eigenvalue weighted by Gasteiger charge is 2.24. The summed E-state index contributed by atoms with van der Waals surface area (Å²) in [6.07, 6.45) is 2.38. The monoisotopic (exact) mass is 536 g/mol. The van der Waals surface area contributed by atoms with Crippen molar-refractivity contribution in [2.24, 2.45) is 0 Å². The van der Waals surface area contributed by atoms with Gasteiger partial charge in [0.2, 0.25) is 0 Å². The van der Waals surface area contributed by atoms with Gasteiger partial charge in [-0.2, -0.15) is 10.2 Å². The maximum Gasteiger partial charge on any atom is 0.276 e. The van der Waals surface area contributed by atoms with E-state index in [9.17, 15) is 19.2 Å². The number of carbonyl (C=O) groups excluding carboxylic acids is 4. The average molecular weight is 537 g/mol. The van der Waals surface area contributed by atoms with Gasteiger partial charge in [0, 0.05) is 49.4 Å². The largest absolute Gasteiger partial charge is 0.320 e. The minimum absolute atomic E-state index is 0.000532. The summed E-state index contributed by atoms with van der Waals surface area (Å²) in [6, 6.07) is 14.4. The van der Waals surface area contributed by atoms with Crippen molar-refractivity contribution in [3.8, 4) is 11.1 Å². The number of hydrogen-bond donors (Lipinski definition) is 2. The van der Waals surface area contributed by atoms with Crippen LogP contribution in [0.15, 0.2) is 48.5 Å². The zero-order chi connectivity index (χ0) is 28.0. The van der Waals surface area contributed by atoms with Crippen molar-refractivity contribution in [1.82, 2.24) is 19.6 Å². The molecule has 0 aliphatic carbocycles. The third-order valence-corrected chi connectivity index (χ3v) is 7.60. The summed E-state index contributed by atoms with van der Waals surface area (Å²) in [7, 11) is 0. The van der Waals surface area contributed by atoms with Gasteiger partial charge in [0.1, 0.15) is 11.4 Å². The Balaban J connectivity index is 1.24. The molecule has 2 aromatic carbocycles. The van der Waals surface area contributed by atoms with E-state index in [-0.39, 0.29) is 34.8 Å². The molecule has 4 heterocycles. The Bertz CT molecular complexity index is 1590. The van der Waals surface area contributed by atoms with Crippen LogP contribution in [0.4, 0.5) is 11.4 Å². The van der Waals surface area contributed by atoms with E-state index in [1.807, 2.05) is 50.2 Å². The van der Waals surface area contributed by atoms with Crippen LogP contribution in [0, 0.1) is 13.8 Å². The van der Waals surface area contributed by atoms with Gasteiger partial charge >= 0.3 is 0 Å². The lowest BCUT2D eigenvalue weighted by Gasteiger charge is -2.16. The molecule has 0 unspecified atom stereocenters. The van der Waals surface area contributed by atoms with Crippen molar-refractivity contribution in [2.45, 2.75) is 52.6 Å². The summed E-state index contributed by atoms with van der Waals surface area (Å²) in [6.45, 7) is 5.08. The Morgan fingerprint density at radius 1 is 0.700 bits per heavy atom. The van der Waals surface area contributed by atoms with E-state index in [4.69, 9.17) is 0 Å². The third kappa shape index (κ3) is 4.51. The number of nitrogens with one attached hydrogen (secondary N) is 2. The number of amides is 2. The number of rotatable bonds is 5. The van der Waals surface area contributed by atoms with Crippen molar-refractivity contribution >= 4 is 34.8 Å². The highest BCUT2D eigenvalue weighted by molar-refractivity contribution is 6.07. The SMILES string of the molecule is Cc1c(NC(=O)c2cc3n(n2)CCCC3=O)cccc1-c1cccc(NC(=O)c2cc3n(n2)CCCC3=O)c1C. The van der Waals surface area contributed by atoms with E-state index >= 15 is 0 Å². The summed E-state index contributed by atoms with van der Waals surface area (Å²) >= 11 is 0. The van der Waals surface area contributed by atoms with Crippen LogP contribution in [-0.2, 0) is 13.1 Å². The number of aromatic nitrogens is 4. The molecule has 0 fully saturated rings. The van der Waals surface area contributed by atoms with Gasteiger partial charge in [-0.1, -0.05) is 24.3 Å². The first-order chi connectivity index (χ1) is 19.3. The van der Waals surface area contributed by atoms with Crippen LogP contribution in [0.3, 0.4) is 0 Å². The summed E-state index contributed by atoms with van der Waals surface area (Å²) < 4.78 is 3.20. The van der Waals surface area contributed by atoms with E-state index in [0.29, 0.717) is 48.7 Å². The second-order valence-corrected chi connectivity index (χ2v) is 10.2. The highest BCUT2D eigenvalue weighted by Crippen LogP contribution is 2.34. The number of aryl methyl sites for hydroxylation is 2. The van der Waals surface area contributed by atoms with Crippen LogP contribution < -0.4 is 10.6 Å². The molecule has 202 valence electrons. The van der Waals surface area contributed by atoms with Gasteiger partial charge in [0.15, 0.2) is 23.0 Å². The van der Waals surface area contributed by atoms with Crippen LogP contribution in [-0.4, -0.2) is 42.9 Å². The fourth-order valence-electron chi connectivity index (χ4n) is 5.38. The highest BCUT2D eigenvalue weighted by atomic mass is 16.2. The Hall–Kier alpha value is -4.86. The third-order valence-electron chi connectivity index (χ3n) is 7.60. The number of fused-ring (bicyclic) bond motifs is 2. The molecule has 0 saturated heterocycles. The molecule has 0 saturated carbocycles. The Labute approximate surface area is 230 Å². The zero-order valence-electron chi connectivity index (χ0n) is 22.3. The lowest BCUT2D eigenvalue weighted by molar-refractivity contribution is 0.0943. The van der Waals surface area contributed by atoms with Crippen molar-refractivity contribution < 1.29 is 19.2 Å². The first kappa shape index (κ1) is 25.4. The van der Waals surface area contributed by atoms with Gasteiger partial charge < -0.3 is 10.6 Å². The first-order valence-corrected chi connectivity index (χ1v) is 13.3. The maximum absolute atomic E-state index is 13.0. The fraction of sp³-hybridized carbons (Fsp3) is 0.267. The molecule has 40 heavy (non-hydrogen) atoms. The molecule has 2 aliphatic rings. The Morgan fingerprint density at radius 3 is 1.52 bits per heavy atom. The molecule has 0 spiro atoms. The molecule has 6 rings (SSSR count). The average Bonchev–Trinajstić information content (AvgIpc) is 3.58. The lowest BCUT2D eigenvalue weighted by Crippen LogP contribution is -2.17. The van der Waals surface area contributed by atoms with Crippen LogP contribution in [0.2, 0.25) is 0 Å². The van der Waals surface area contributed by atoms with E-state index < -0.39 is 0 Å². The molecule has 2 amide bonds. The van der Waals surface area contributed by atoms with Crippen molar-refractivity contribution in [3.63, 3.8) is 0 Å². The fourth-order valence-corrected chi connectivity index (χ4v) is 5.38. The summed E-state index contributed by atoms with van der Waals surface area (Å²) in [5, 5.41) is 14.5. The topological polar surface area (TPSA) is 128 Å². The molecular weight excluding hydrogens is 508 g/mol. The van der Waals surface area contributed by atoms with E-state index in [0.717, 1.165) is 35.1 Å². The first-order valence-electron chi connectivity index (χ1n) is 13.3. The van der Waals surface area contributed by atoms with E-state index in [2.05, 4.69) is 20.8 Å².